The van der Waals surface area contributed by atoms with Gasteiger partial charge in [0.1, 0.15) is 0 Å². The molecule has 2 atom stereocenters. The molecule has 0 aromatic rings. The number of nitrogens with zero attached hydrogens (tertiary/aromatic N) is 1. The highest BCUT2D eigenvalue weighted by Gasteiger charge is 2.43. The summed E-state index contributed by atoms with van der Waals surface area (Å²) in [6.45, 7) is 3.70. The molecule has 1 aliphatic rings. The van der Waals surface area contributed by atoms with Gasteiger partial charge in [0.15, 0.2) is 0 Å². The van der Waals surface area contributed by atoms with Crippen molar-refractivity contribution in [3.8, 4) is 0 Å². The van der Waals surface area contributed by atoms with Crippen LogP contribution in [0.2, 0.25) is 0 Å². The molecule has 18 heavy (non-hydrogen) atoms. The van der Waals surface area contributed by atoms with Crippen LogP contribution in [0.5, 0.6) is 0 Å². The molecule has 0 aliphatic carbocycles. The summed E-state index contributed by atoms with van der Waals surface area (Å²) in [5, 5.41) is 0. The molecule has 0 bridgehead atoms. The third kappa shape index (κ3) is 4.31. The van der Waals surface area contributed by atoms with Gasteiger partial charge in [0, 0.05) is 13.1 Å². The fourth-order valence-electron chi connectivity index (χ4n) is 1.94. The first kappa shape index (κ1) is 17.5. The zero-order chi connectivity index (χ0) is 13.2. The number of hydrogen-bond donors (Lipinski definition) is 1. The van der Waals surface area contributed by atoms with Crippen LogP contribution in [0.4, 0.5) is 13.2 Å². The number of amides is 1. The quantitative estimate of drug-likeness (QED) is 0.847. The highest BCUT2D eigenvalue weighted by molar-refractivity contribution is 5.85. The molecule has 0 saturated carbocycles. The summed E-state index contributed by atoms with van der Waals surface area (Å²) in [7, 11) is 0. The Kier molecular flexibility index (Phi) is 6.43. The lowest BCUT2D eigenvalue weighted by atomic mass is 9.95. The molecule has 1 heterocycles. The second-order valence-electron chi connectivity index (χ2n) is 4.93. The van der Waals surface area contributed by atoms with E-state index in [1.165, 1.54) is 4.90 Å². The Labute approximate surface area is 111 Å². The van der Waals surface area contributed by atoms with Crippen LogP contribution in [-0.2, 0) is 4.79 Å². The summed E-state index contributed by atoms with van der Waals surface area (Å²) in [6, 6.07) is -0.706. The number of halogens is 4. The smallest absolute Gasteiger partial charge is 0.341 e. The summed E-state index contributed by atoms with van der Waals surface area (Å²) in [5.74, 6) is -1.83. The van der Waals surface area contributed by atoms with Crippen LogP contribution in [-0.4, -0.2) is 36.1 Å². The molecule has 0 radical (unpaired) electrons. The van der Waals surface area contributed by atoms with E-state index in [1.54, 1.807) is 13.8 Å². The highest BCUT2D eigenvalue weighted by Crippen LogP contribution is 2.33. The van der Waals surface area contributed by atoms with Gasteiger partial charge >= 0.3 is 6.18 Å². The minimum absolute atomic E-state index is 0. The first-order valence-corrected chi connectivity index (χ1v) is 5.84. The van der Waals surface area contributed by atoms with E-state index in [4.69, 9.17) is 5.73 Å². The standard InChI is InChI=1S/C11H19F3N2O.ClH/c1-7(2)9(15)10(17)16-5-3-4-8(6-16)11(12,13)14;/h7-9H,3-6,15H2,1-2H3;1H/t8?,9-;/m0./s1. The Balaban J connectivity index is 0.00000289. The van der Waals surface area contributed by atoms with E-state index < -0.39 is 18.1 Å². The number of rotatable bonds is 2. The molecule has 3 nitrogen and oxygen atoms in total. The average molecular weight is 289 g/mol. The molecule has 108 valence electrons. The Bertz CT molecular complexity index is 284. The van der Waals surface area contributed by atoms with Crippen molar-refractivity contribution in [3.63, 3.8) is 0 Å². The minimum Gasteiger partial charge on any atom is -0.341 e. The zero-order valence-corrected chi connectivity index (χ0v) is 11.4. The van der Waals surface area contributed by atoms with Gasteiger partial charge in [-0.05, 0) is 18.8 Å². The van der Waals surface area contributed by atoms with E-state index in [9.17, 15) is 18.0 Å². The molecule has 0 aromatic carbocycles. The monoisotopic (exact) mass is 288 g/mol. The van der Waals surface area contributed by atoms with Crippen LogP contribution in [0, 0.1) is 11.8 Å². The lowest BCUT2D eigenvalue weighted by molar-refractivity contribution is -0.188. The molecule has 1 saturated heterocycles. The maximum atomic E-state index is 12.6. The summed E-state index contributed by atoms with van der Waals surface area (Å²) in [5.41, 5.74) is 5.67. The van der Waals surface area contributed by atoms with Gasteiger partial charge < -0.3 is 10.6 Å². The van der Waals surface area contributed by atoms with Crippen LogP contribution in [0.15, 0.2) is 0 Å². The van der Waals surface area contributed by atoms with E-state index in [0.717, 1.165) is 0 Å². The van der Waals surface area contributed by atoms with Crippen molar-refractivity contribution in [2.45, 2.75) is 38.9 Å². The average Bonchev–Trinajstić information content (AvgIpc) is 2.26. The molecule has 0 aromatic heterocycles. The van der Waals surface area contributed by atoms with Gasteiger partial charge in [-0.25, -0.2) is 0 Å². The number of piperidine rings is 1. The largest absolute Gasteiger partial charge is 0.393 e. The third-order valence-corrected chi connectivity index (χ3v) is 3.20. The van der Waals surface area contributed by atoms with Gasteiger partial charge in [0.05, 0.1) is 12.0 Å². The van der Waals surface area contributed by atoms with Crippen molar-refractivity contribution in [2.75, 3.05) is 13.1 Å². The Morgan fingerprint density at radius 3 is 2.39 bits per heavy atom. The normalized spacial score (nSPS) is 22.6. The Morgan fingerprint density at radius 1 is 1.39 bits per heavy atom. The molecule has 0 spiro atoms. The SMILES string of the molecule is CC(C)[C@H](N)C(=O)N1CCCC(C(F)(F)F)C1.Cl. The van der Waals surface area contributed by atoms with Gasteiger partial charge in [-0.1, -0.05) is 13.8 Å². The molecule has 1 unspecified atom stereocenters. The second kappa shape index (κ2) is 6.61. The summed E-state index contributed by atoms with van der Waals surface area (Å²) in [6.07, 6.45) is -3.73. The van der Waals surface area contributed by atoms with Crippen LogP contribution < -0.4 is 5.73 Å². The fourth-order valence-corrected chi connectivity index (χ4v) is 1.94. The maximum absolute atomic E-state index is 12.6. The fraction of sp³-hybridized carbons (Fsp3) is 0.909. The third-order valence-electron chi connectivity index (χ3n) is 3.20. The van der Waals surface area contributed by atoms with Crippen LogP contribution >= 0.6 is 12.4 Å². The first-order chi connectivity index (χ1) is 7.73. The Hall–Kier alpha value is -0.490. The van der Waals surface area contributed by atoms with Crippen molar-refractivity contribution < 1.29 is 18.0 Å². The predicted octanol–water partition coefficient (Wildman–Crippen LogP) is 2.19. The van der Waals surface area contributed by atoms with Gasteiger partial charge in [-0.3, -0.25) is 4.79 Å². The van der Waals surface area contributed by atoms with Gasteiger partial charge in [0.2, 0.25) is 5.91 Å². The Morgan fingerprint density at radius 2 is 1.94 bits per heavy atom. The number of carbonyl (C=O) groups excluding carboxylic acids is 1. The van der Waals surface area contributed by atoms with Crippen LogP contribution in [0.3, 0.4) is 0 Å². The topological polar surface area (TPSA) is 46.3 Å². The van der Waals surface area contributed by atoms with Crippen LogP contribution in [0.1, 0.15) is 26.7 Å². The van der Waals surface area contributed by atoms with Crippen molar-refractivity contribution >= 4 is 18.3 Å². The van der Waals surface area contributed by atoms with Crippen molar-refractivity contribution in [1.82, 2.24) is 4.90 Å². The molecule has 2 N–H and O–H groups in total. The predicted molar refractivity (Wildman–Crippen MR) is 65.4 cm³/mol. The number of alkyl halides is 3. The van der Waals surface area contributed by atoms with E-state index in [-0.39, 0.29) is 37.2 Å². The lowest BCUT2D eigenvalue weighted by Gasteiger charge is -2.35. The second-order valence-corrected chi connectivity index (χ2v) is 4.93. The van der Waals surface area contributed by atoms with Gasteiger partial charge in [-0.15, -0.1) is 12.4 Å². The number of hydrogen-bond acceptors (Lipinski definition) is 2. The highest BCUT2D eigenvalue weighted by atomic mass is 35.5. The van der Waals surface area contributed by atoms with Crippen molar-refractivity contribution in [3.05, 3.63) is 0 Å². The van der Waals surface area contributed by atoms with E-state index >= 15 is 0 Å². The first-order valence-electron chi connectivity index (χ1n) is 5.84. The molecule has 7 heteroatoms. The molecule has 1 aliphatic heterocycles. The van der Waals surface area contributed by atoms with E-state index in [2.05, 4.69) is 0 Å². The summed E-state index contributed by atoms with van der Waals surface area (Å²) in [4.78, 5) is 13.1. The minimum atomic E-state index is -4.22. The van der Waals surface area contributed by atoms with Gasteiger partial charge in [0.25, 0.3) is 0 Å². The van der Waals surface area contributed by atoms with Gasteiger partial charge in [-0.2, -0.15) is 13.2 Å². The molecular weight excluding hydrogens is 269 g/mol. The van der Waals surface area contributed by atoms with E-state index in [0.29, 0.717) is 13.0 Å². The van der Waals surface area contributed by atoms with Crippen molar-refractivity contribution in [2.24, 2.45) is 17.6 Å². The number of carbonyl (C=O) groups is 1. The summed E-state index contributed by atoms with van der Waals surface area (Å²) >= 11 is 0. The van der Waals surface area contributed by atoms with Crippen molar-refractivity contribution in [1.29, 1.82) is 0 Å². The maximum Gasteiger partial charge on any atom is 0.393 e. The molecule has 1 fully saturated rings. The number of likely N-dealkylation sites (tertiary alicyclic amines) is 1. The molecule has 1 amide bonds. The zero-order valence-electron chi connectivity index (χ0n) is 10.5. The molecule has 1 rings (SSSR count). The van der Waals surface area contributed by atoms with E-state index in [1.807, 2.05) is 0 Å². The molecular formula is C11H20ClF3N2O. The number of nitrogens with two attached hydrogens (primary N) is 1. The van der Waals surface area contributed by atoms with Crippen LogP contribution in [0.25, 0.3) is 0 Å². The summed E-state index contributed by atoms with van der Waals surface area (Å²) < 4.78 is 37.7. The lowest BCUT2D eigenvalue weighted by Crippen LogP contribution is -2.51.